The number of hydrogen-bond acceptors (Lipinski definition) is 3. The molecular weight excluding hydrogens is 293 g/mol. The number of fused-ring (bicyclic) bond motifs is 1. The van der Waals surface area contributed by atoms with Crippen LogP contribution in [0.2, 0.25) is 0 Å². The van der Waals surface area contributed by atoms with Crippen molar-refractivity contribution in [1.29, 1.82) is 0 Å². The molecule has 2 aromatic heterocycles. The summed E-state index contributed by atoms with van der Waals surface area (Å²) in [5.74, 6) is 0.724. The molecule has 0 spiro atoms. The molecule has 1 N–H and O–H groups in total. The summed E-state index contributed by atoms with van der Waals surface area (Å²) in [4.78, 5) is 4.08. The Morgan fingerprint density at radius 3 is 2.50 bits per heavy atom. The average molecular weight is 306 g/mol. The van der Waals surface area contributed by atoms with Gasteiger partial charge in [0.2, 0.25) is 0 Å². The van der Waals surface area contributed by atoms with Crippen LogP contribution in [0.15, 0.2) is 48.8 Å². The molecule has 7 heteroatoms. The molecule has 22 heavy (non-hydrogen) atoms. The Hall–Kier alpha value is -2.57. The van der Waals surface area contributed by atoms with Crippen LogP contribution in [0.25, 0.3) is 5.65 Å². The fourth-order valence-electron chi connectivity index (χ4n) is 2.22. The predicted molar refractivity (Wildman–Crippen MR) is 76.5 cm³/mol. The van der Waals surface area contributed by atoms with Gasteiger partial charge in [-0.2, -0.15) is 22.8 Å². The number of rotatable bonds is 3. The second-order valence-corrected chi connectivity index (χ2v) is 4.93. The largest absolute Gasteiger partial charge is 0.416 e. The van der Waals surface area contributed by atoms with Crippen LogP contribution < -0.4 is 5.32 Å². The number of aromatic nitrogens is 3. The van der Waals surface area contributed by atoms with Crippen LogP contribution in [0.5, 0.6) is 0 Å². The smallest absolute Gasteiger partial charge is 0.363 e. The zero-order chi connectivity index (χ0) is 15.7. The molecular formula is C15H13F3N4. The molecule has 0 aliphatic heterocycles. The second-order valence-electron chi connectivity index (χ2n) is 4.93. The Balaban J connectivity index is 1.82. The first kappa shape index (κ1) is 14.4. The second kappa shape index (κ2) is 5.32. The van der Waals surface area contributed by atoms with Crippen molar-refractivity contribution in [3.05, 3.63) is 59.9 Å². The molecule has 1 aromatic carbocycles. The highest BCUT2D eigenvalue weighted by Crippen LogP contribution is 2.30. The summed E-state index contributed by atoms with van der Waals surface area (Å²) in [6, 6.07) is 10.4. The highest BCUT2D eigenvalue weighted by molar-refractivity contribution is 5.49. The third-order valence-corrected chi connectivity index (χ3v) is 3.40. The minimum absolute atomic E-state index is 0.169. The summed E-state index contributed by atoms with van der Waals surface area (Å²) in [6.45, 7) is 1.87. The van der Waals surface area contributed by atoms with E-state index >= 15 is 0 Å². The normalized spacial score (nSPS) is 13.3. The summed E-state index contributed by atoms with van der Waals surface area (Å²) >= 11 is 0. The van der Waals surface area contributed by atoms with Crippen molar-refractivity contribution in [2.45, 2.75) is 19.1 Å². The van der Waals surface area contributed by atoms with Gasteiger partial charge in [-0.25, -0.2) is 4.98 Å². The molecule has 3 aromatic rings. The molecule has 3 rings (SSSR count). The van der Waals surface area contributed by atoms with Crippen molar-refractivity contribution in [2.24, 2.45) is 0 Å². The van der Waals surface area contributed by atoms with Gasteiger partial charge in [0.1, 0.15) is 12.1 Å². The molecule has 0 bridgehead atoms. The maximum atomic E-state index is 12.6. The molecule has 1 atom stereocenters. The van der Waals surface area contributed by atoms with E-state index in [4.69, 9.17) is 0 Å². The van der Waals surface area contributed by atoms with Crippen LogP contribution in [-0.4, -0.2) is 14.6 Å². The molecule has 0 saturated carbocycles. The van der Waals surface area contributed by atoms with Gasteiger partial charge in [0, 0.05) is 6.04 Å². The molecule has 0 amide bonds. The van der Waals surface area contributed by atoms with Gasteiger partial charge < -0.3 is 5.32 Å². The number of hydrogen-bond donors (Lipinski definition) is 1. The van der Waals surface area contributed by atoms with Crippen LogP contribution in [0.3, 0.4) is 0 Å². The lowest BCUT2D eigenvalue weighted by Gasteiger charge is -2.17. The number of nitrogens with one attached hydrogen (secondary N) is 1. The molecule has 0 fully saturated rings. The molecule has 0 aliphatic rings. The average Bonchev–Trinajstić information content (AvgIpc) is 2.96. The van der Waals surface area contributed by atoms with Crippen LogP contribution in [-0.2, 0) is 6.18 Å². The van der Waals surface area contributed by atoms with E-state index in [1.807, 2.05) is 25.1 Å². The van der Waals surface area contributed by atoms with E-state index in [1.165, 1.54) is 18.5 Å². The fourth-order valence-corrected chi connectivity index (χ4v) is 2.22. The minimum Gasteiger partial charge on any atom is -0.363 e. The van der Waals surface area contributed by atoms with Crippen LogP contribution in [0, 0.1) is 0 Å². The lowest BCUT2D eigenvalue weighted by molar-refractivity contribution is -0.137. The van der Waals surface area contributed by atoms with E-state index in [2.05, 4.69) is 15.4 Å². The lowest BCUT2D eigenvalue weighted by Crippen LogP contribution is -2.11. The maximum Gasteiger partial charge on any atom is 0.416 e. The Morgan fingerprint density at radius 2 is 1.82 bits per heavy atom. The van der Waals surface area contributed by atoms with Crippen molar-refractivity contribution in [2.75, 3.05) is 5.32 Å². The minimum atomic E-state index is -4.32. The predicted octanol–water partition coefficient (Wildman–Crippen LogP) is 3.92. The van der Waals surface area contributed by atoms with Crippen molar-refractivity contribution in [3.63, 3.8) is 0 Å². The highest BCUT2D eigenvalue weighted by atomic mass is 19.4. The zero-order valence-corrected chi connectivity index (χ0v) is 11.7. The van der Waals surface area contributed by atoms with E-state index in [-0.39, 0.29) is 6.04 Å². The standard InChI is InChI=1S/C15H13F3N4/c1-10(11-5-7-12(8-6-11)15(16,17)18)21-14-4-2-3-13-19-9-20-22(13)14/h2-10,21H,1H3/t10-/m1/s1. The molecule has 0 radical (unpaired) electrons. The van der Waals surface area contributed by atoms with Gasteiger partial charge in [0.15, 0.2) is 5.65 Å². The molecule has 114 valence electrons. The first-order chi connectivity index (χ1) is 10.4. The Labute approximate surface area is 124 Å². The summed E-state index contributed by atoms with van der Waals surface area (Å²) in [6.07, 6.45) is -2.87. The van der Waals surface area contributed by atoms with Gasteiger partial charge in [-0.05, 0) is 36.8 Å². The first-order valence-corrected chi connectivity index (χ1v) is 6.67. The molecule has 0 unspecified atom stereocenters. The number of alkyl halides is 3. The SMILES string of the molecule is C[C@@H](Nc1cccc2ncnn12)c1ccc(C(F)(F)F)cc1. The molecule has 0 aliphatic carbocycles. The van der Waals surface area contributed by atoms with E-state index in [0.717, 1.165) is 23.5 Å². The third kappa shape index (κ3) is 2.74. The van der Waals surface area contributed by atoms with Gasteiger partial charge in [-0.3, -0.25) is 0 Å². The fraction of sp³-hybridized carbons (Fsp3) is 0.200. The number of halogens is 3. The third-order valence-electron chi connectivity index (χ3n) is 3.40. The maximum absolute atomic E-state index is 12.6. The molecule has 4 nitrogen and oxygen atoms in total. The summed E-state index contributed by atoms with van der Waals surface area (Å²) in [5, 5.41) is 7.33. The number of nitrogens with zero attached hydrogens (tertiary/aromatic N) is 3. The van der Waals surface area contributed by atoms with Crippen molar-refractivity contribution >= 4 is 11.5 Å². The van der Waals surface area contributed by atoms with Crippen LogP contribution in [0.4, 0.5) is 19.0 Å². The van der Waals surface area contributed by atoms with Crippen molar-refractivity contribution < 1.29 is 13.2 Å². The van der Waals surface area contributed by atoms with E-state index in [0.29, 0.717) is 5.65 Å². The van der Waals surface area contributed by atoms with Crippen LogP contribution >= 0.6 is 0 Å². The Morgan fingerprint density at radius 1 is 1.09 bits per heavy atom. The van der Waals surface area contributed by atoms with Gasteiger partial charge >= 0.3 is 6.18 Å². The van der Waals surface area contributed by atoms with Gasteiger partial charge in [-0.1, -0.05) is 18.2 Å². The quantitative estimate of drug-likeness (QED) is 0.797. The number of anilines is 1. The molecule has 0 saturated heterocycles. The van der Waals surface area contributed by atoms with E-state index in [9.17, 15) is 13.2 Å². The summed E-state index contributed by atoms with van der Waals surface area (Å²) < 4.78 is 39.4. The van der Waals surface area contributed by atoms with E-state index in [1.54, 1.807) is 4.52 Å². The lowest BCUT2D eigenvalue weighted by atomic mass is 10.1. The Kier molecular flexibility index (Phi) is 3.48. The monoisotopic (exact) mass is 306 g/mol. The summed E-state index contributed by atoms with van der Waals surface area (Å²) in [7, 11) is 0. The topological polar surface area (TPSA) is 42.2 Å². The molecule has 2 heterocycles. The number of benzene rings is 1. The number of pyridine rings is 1. The zero-order valence-electron chi connectivity index (χ0n) is 11.7. The van der Waals surface area contributed by atoms with E-state index < -0.39 is 11.7 Å². The Bertz CT molecular complexity index is 777. The summed E-state index contributed by atoms with van der Waals surface area (Å²) in [5.41, 5.74) is 0.802. The van der Waals surface area contributed by atoms with Crippen molar-refractivity contribution in [1.82, 2.24) is 14.6 Å². The van der Waals surface area contributed by atoms with Crippen LogP contribution in [0.1, 0.15) is 24.1 Å². The van der Waals surface area contributed by atoms with Gasteiger partial charge in [-0.15, -0.1) is 0 Å². The van der Waals surface area contributed by atoms with Crippen molar-refractivity contribution in [3.8, 4) is 0 Å². The highest BCUT2D eigenvalue weighted by Gasteiger charge is 2.30. The van der Waals surface area contributed by atoms with Gasteiger partial charge in [0.05, 0.1) is 5.56 Å². The first-order valence-electron chi connectivity index (χ1n) is 6.67. The van der Waals surface area contributed by atoms with Gasteiger partial charge in [0.25, 0.3) is 0 Å².